The van der Waals surface area contributed by atoms with Crippen LogP contribution in [0.3, 0.4) is 0 Å². The van der Waals surface area contributed by atoms with Gasteiger partial charge in [-0.15, -0.1) is 0 Å². The van der Waals surface area contributed by atoms with E-state index in [1.165, 1.54) is 0 Å². The summed E-state index contributed by atoms with van der Waals surface area (Å²) in [6, 6.07) is 5.98. The summed E-state index contributed by atoms with van der Waals surface area (Å²) in [5.41, 5.74) is 2.15. The Morgan fingerprint density at radius 3 is 2.92 bits per heavy atom. The molecule has 7 heteroatoms. The Bertz CT molecular complexity index is 667. The first kappa shape index (κ1) is 16.9. The number of para-hydroxylation sites is 1. The molecule has 3 N–H and O–H groups in total. The van der Waals surface area contributed by atoms with Crippen LogP contribution in [-0.4, -0.2) is 47.8 Å². The van der Waals surface area contributed by atoms with E-state index in [-0.39, 0.29) is 30.0 Å². The van der Waals surface area contributed by atoms with E-state index < -0.39 is 13.1 Å². The molecule has 5 atom stereocenters. The minimum atomic E-state index is -1.60. The average molecular weight is 345 g/mol. The molecule has 1 amide bonds. The number of ether oxygens (including phenoxy) is 2. The summed E-state index contributed by atoms with van der Waals surface area (Å²) >= 11 is 0. The van der Waals surface area contributed by atoms with Crippen molar-refractivity contribution in [1.82, 2.24) is 5.32 Å². The summed E-state index contributed by atoms with van der Waals surface area (Å²) < 4.78 is 11.5. The second-order valence-electron chi connectivity index (χ2n) is 7.48. The highest BCUT2D eigenvalue weighted by Gasteiger charge is 2.45. The zero-order valence-electron chi connectivity index (χ0n) is 14.4. The maximum absolute atomic E-state index is 12.6. The number of rotatable bonds is 5. The standard InChI is InChI=1S/C18H24BNO5/c1-10-3-2-4-13-11(9-24-17(10)13)7-16(19(22)23)20-18(21)14-8-12-5-6-15(14)25-12/h2-4,11-12,14-16,22-23H,5-9H2,1H3,(H,20,21)/t11-,12+,14+,15-,16-/m0/s1. The molecule has 3 aliphatic rings. The Kier molecular flexibility index (Phi) is 4.48. The number of aryl methyl sites for hydroxylation is 1. The molecule has 6 nitrogen and oxygen atoms in total. The summed E-state index contributed by atoms with van der Waals surface area (Å²) in [6.07, 6.45) is 3.28. The monoisotopic (exact) mass is 345 g/mol. The van der Waals surface area contributed by atoms with Gasteiger partial charge in [-0.1, -0.05) is 18.2 Å². The molecular formula is C18H24BNO5. The van der Waals surface area contributed by atoms with E-state index in [0.29, 0.717) is 13.0 Å². The lowest BCUT2D eigenvalue weighted by Gasteiger charge is -2.24. The fraction of sp³-hybridized carbons (Fsp3) is 0.611. The number of benzene rings is 1. The SMILES string of the molecule is Cc1cccc2c1OC[C@@H]2C[C@H](NC(=O)[C@@H]1C[C@H]2CC[C@@H]1O2)B(O)O. The van der Waals surface area contributed by atoms with Crippen LogP contribution in [0.2, 0.25) is 0 Å². The van der Waals surface area contributed by atoms with Gasteiger partial charge in [0.25, 0.3) is 0 Å². The highest BCUT2D eigenvalue weighted by atomic mass is 16.5. The second-order valence-corrected chi connectivity index (χ2v) is 7.48. The Morgan fingerprint density at radius 2 is 2.24 bits per heavy atom. The zero-order chi connectivity index (χ0) is 17.6. The van der Waals surface area contributed by atoms with Crippen molar-refractivity contribution in [2.45, 2.75) is 56.7 Å². The normalized spacial score (nSPS) is 30.7. The Hall–Kier alpha value is -1.57. The number of hydrogen-bond donors (Lipinski definition) is 3. The third kappa shape index (κ3) is 3.16. The maximum atomic E-state index is 12.6. The van der Waals surface area contributed by atoms with Gasteiger partial charge in [-0.2, -0.15) is 0 Å². The van der Waals surface area contributed by atoms with Gasteiger partial charge in [0, 0.05) is 11.5 Å². The van der Waals surface area contributed by atoms with Crippen LogP contribution in [0.25, 0.3) is 0 Å². The maximum Gasteiger partial charge on any atom is 0.475 e. The van der Waals surface area contributed by atoms with E-state index in [9.17, 15) is 14.8 Å². The van der Waals surface area contributed by atoms with Crippen molar-refractivity contribution in [3.8, 4) is 5.75 Å². The second kappa shape index (κ2) is 6.63. The first-order valence-corrected chi connectivity index (χ1v) is 9.07. The zero-order valence-corrected chi connectivity index (χ0v) is 14.4. The molecule has 0 aliphatic carbocycles. The van der Waals surface area contributed by atoms with Gasteiger partial charge in [0.1, 0.15) is 5.75 Å². The van der Waals surface area contributed by atoms with Gasteiger partial charge in [0.2, 0.25) is 5.91 Å². The van der Waals surface area contributed by atoms with Gasteiger partial charge < -0.3 is 24.8 Å². The first-order valence-electron chi connectivity index (χ1n) is 9.07. The molecule has 1 aromatic carbocycles. The van der Waals surface area contributed by atoms with Crippen LogP contribution in [0.15, 0.2) is 18.2 Å². The summed E-state index contributed by atoms with van der Waals surface area (Å²) in [7, 11) is -1.60. The van der Waals surface area contributed by atoms with E-state index in [0.717, 1.165) is 36.1 Å². The molecule has 0 spiro atoms. The molecule has 1 aromatic rings. The third-order valence-corrected chi connectivity index (χ3v) is 5.78. The molecule has 2 saturated heterocycles. The molecule has 4 rings (SSSR count). The minimum absolute atomic E-state index is 0.0142. The van der Waals surface area contributed by atoms with Crippen LogP contribution < -0.4 is 10.1 Å². The number of hydrogen-bond acceptors (Lipinski definition) is 5. The predicted octanol–water partition coefficient (Wildman–Crippen LogP) is 0.925. The number of fused-ring (bicyclic) bond motifs is 3. The summed E-state index contributed by atoms with van der Waals surface area (Å²) in [4.78, 5) is 12.6. The molecule has 0 saturated carbocycles. The molecule has 3 aliphatic heterocycles. The van der Waals surface area contributed by atoms with Crippen molar-refractivity contribution in [3.05, 3.63) is 29.3 Å². The number of nitrogens with one attached hydrogen (secondary N) is 1. The van der Waals surface area contributed by atoms with Gasteiger partial charge in [-0.3, -0.25) is 4.79 Å². The lowest BCUT2D eigenvalue weighted by atomic mass is 9.73. The average Bonchev–Trinajstić information content (AvgIpc) is 3.30. The van der Waals surface area contributed by atoms with Gasteiger partial charge in [0.05, 0.1) is 30.7 Å². The van der Waals surface area contributed by atoms with Crippen molar-refractivity contribution in [3.63, 3.8) is 0 Å². The van der Waals surface area contributed by atoms with Crippen LogP contribution in [-0.2, 0) is 9.53 Å². The highest BCUT2D eigenvalue weighted by Crippen LogP contribution is 2.40. The molecule has 3 heterocycles. The van der Waals surface area contributed by atoms with Crippen LogP contribution in [0.1, 0.15) is 42.7 Å². The molecular weight excluding hydrogens is 321 g/mol. The summed E-state index contributed by atoms with van der Waals surface area (Å²) in [5.74, 6) is -0.0977. The number of amides is 1. The molecule has 0 aromatic heterocycles. The van der Waals surface area contributed by atoms with Crippen molar-refractivity contribution in [2.24, 2.45) is 5.92 Å². The molecule has 0 radical (unpaired) electrons. The van der Waals surface area contributed by atoms with Crippen molar-refractivity contribution < 1.29 is 24.3 Å². The number of carbonyl (C=O) groups excluding carboxylic acids is 1. The predicted molar refractivity (Wildman–Crippen MR) is 92.2 cm³/mol. The van der Waals surface area contributed by atoms with E-state index in [4.69, 9.17) is 9.47 Å². The van der Waals surface area contributed by atoms with Crippen LogP contribution >= 0.6 is 0 Å². The van der Waals surface area contributed by atoms with E-state index in [1.54, 1.807) is 0 Å². The van der Waals surface area contributed by atoms with Gasteiger partial charge >= 0.3 is 7.12 Å². The lowest BCUT2D eigenvalue weighted by Crippen LogP contribution is -2.50. The molecule has 134 valence electrons. The van der Waals surface area contributed by atoms with E-state index >= 15 is 0 Å². The van der Waals surface area contributed by atoms with Gasteiger partial charge in [-0.05, 0) is 38.2 Å². The van der Waals surface area contributed by atoms with E-state index in [2.05, 4.69) is 5.32 Å². The van der Waals surface area contributed by atoms with Crippen LogP contribution in [0.4, 0.5) is 0 Å². The fourth-order valence-electron chi connectivity index (χ4n) is 4.43. The molecule has 2 bridgehead atoms. The highest BCUT2D eigenvalue weighted by molar-refractivity contribution is 6.43. The topological polar surface area (TPSA) is 88.0 Å². The van der Waals surface area contributed by atoms with E-state index in [1.807, 2.05) is 25.1 Å². The summed E-state index contributed by atoms with van der Waals surface area (Å²) in [6.45, 7) is 2.49. The van der Waals surface area contributed by atoms with Gasteiger partial charge in [0.15, 0.2) is 0 Å². The fourth-order valence-corrected chi connectivity index (χ4v) is 4.43. The minimum Gasteiger partial charge on any atom is -0.492 e. The molecule has 2 fully saturated rings. The quantitative estimate of drug-likeness (QED) is 0.691. The Morgan fingerprint density at radius 1 is 1.40 bits per heavy atom. The summed E-state index contributed by atoms with van der Waals surface area (Å²) in [5, 5.41) is 22.4. The van der Waals surface area contributed by atoms with Crippen LogP contribution in [0.5, 0.6) is 5.75 Å². The van der Waals surface area contributed by atoms with Crippen LogP contribution in [0, 0.1) is 12.8 Å². The third-order valence-electron chi connectivity index (χ3n) is 5.78. The first-order chi connectivity index (χ1) is 12.0. The smallest absolute Gasteiger partial charge is 0.475 e. The van der Waals surface area contributed by atoms with Crippen molar-refractivity contribution >= 4 is 13.0 Å². The molecule has 25 heavy (non-hydrogen) atoms. The van der Waals surface area contributed by atoms with Gasteiger partial charge in [-0.25, -0.2) is 0 Å². The Balaban J connectivity index is 1.43. The van der Waals surface area contributed by atoms with Crippen molar-refractivity contribution in [2.75, 3.05) is 6.61 Å². The lowest BCUT2D eigenvalue weighted by molar-refractivity contribution is -0.127. The Labute approximate surface area is 147 Å². The molecule has 0 unspecified atom stereocenters. The largest absolute Gasteiger partial charge is 0.492 e. The van der Waals surface area contributed by atoms with Crippen molar-refractivity contribution in [1.29, 1.82) is 0 Å². The number of carbonyl (C=O) groups is 1.